The van der Waals surface area contributed by atoms with E-state index in [0.29, 0.717) is 6.54 Å². The molecule has 43 valence electrons. The molecule has 0 aliphatic rings. The van der Waals surface area contributed by atoms with E-state index in [4.69, 9.17) is 5.73 Å². The fourth-order valence-corrected chi connectivity index (χ4v) is 0.956. The van der Waals surface area contributed by atoms with E-state index >= 15 is 0 Å². The summed E-state index contributed by atoms with van der Waals surface area (Å²) in [6.45, 7) is 2.74. The van der Waals surface area contributed by atoms with Crippen LogP contribution in [0.2, 0.25) is 0 Å². The molecule has 7 heavy (non-hydrogen) atoms. The smallest absolute Gasteiger partial charge is 0.0108 e. The van der Waals surface area contributed by atoms with Crippen LogP contribution >= 0.6 is 11.8 Å². The highest BCUT2D eigenvalue weighted by atomic mass is 32.2. The Hall–Kier alpha value is 0.310. The van der Waals surface area contributed by atoms with Crippen molar-refractivity contribution in [2.24, 2.45) is 0 Å². The molecule has 0 aromatic heterocycles. The Morgan fingerprint density at radius 2 is 2.29 bits per heavy atom. The van der Waals surface area contributed by atoms with Gasteiger partial charge in [0.2, 0.25) is 0 Å². The highest BCUT2D eigenvalue weighted by Gasteiger charge is 1.80. The second kappa shape index (κ2) is 6.31. The van der Waals surface area contributed by atoms with Crippen molar-refractivity contribution in [1.29, 1.82) is 0 Å². The molecule has 0 bridgehead atoms. The van der Waals surface area contributed by atoms with Crippen LogP contribution in [0.3, 0.4) is 0 Å². The Kier molecular flexibility index (Phi) is 6.59. The average Bonchev–Trinajstić information content (AvgIpc) is 1.69. The van der Waals surface area contributed by atoms with E-state index in [0.717, 1.165) is 6.42 Å². The summed E-state index contributed by atoms with van der Waals surface area (Å²) in [5, 5.41) is 0. The Morgan fingerprint density at radius 3 is 2.71 bits per heavy atom. The maximum Gasteiger partial charge on any atom is 0.0108 e. The van der Waals surface area contributed by atoms with Crippen LogP contribution in [0.5, 0.6) is 0 Å². The molecule has 0 aromatic carbocycles. The summed E-state index contributed by atoms with van der Waals surface area (Å²) < 4.78 is 0. The normalized spacial score (nSPS) is 9.43. The van der Waals surface area contributed by atoms with E-state index in [9.17, 15) is 0 Å². The van der Waals surface area contributed by atoms with Gasteiger partial charge in [-0.2, -0.15) is 11.8 Å². The van der Waals surface area contributed by atoms with Gasteiger partial charge in [0.15, 0.2) is 0 Å². The van der Waals surface area contributed by atoms with E-state index < -0.39 is 0 Å². The van der Waals surface area contributed by atoms with Crippen molar-refractivity contribution in [2.75, 3.05) is 18.1 Å². The fourth-order valence-electron chi connectivity index (χ4n) is 0.319. The molecular formula is C5H12NS. The summed E-state index contributed by atoms with van der Waals surface area (Å²) in [6, 6.07) is 0. The predicted molar refractivity (Wildman–Crippen MR) is 35.6 cm³/mol. The minimum absolute atomic E-state index is 0.590. The van der Waals surface area contributed by atoms with Crippen molar-refractivity contribution in [3.63, 3.8) is 0 Å². The lowest BCUT2D eigenvalue weighted by molar-refractivity contribution is 0.917. The molecule has 0 saturated carbocycles. The van der Waals surface area contributed by atoms with Gasteiger partial charge < -0.3 is 0 Å². The molecule has 0 saturated heterocycles. The maximum atomic E-state index is 6.77. The Morgan fingerprint density at radius 1 is 1.57 bits per heavy atom. The van der Waals surface area contributed by atoms with Crippen LogP contribution < -0.4 is 5.73 Å². The molecule has 1 N–H and O–H groups in total. The van der Waals surface area contributed by atoms with Gasteiger partial charge in [0.05, 0.1) is 0 Å². The van der Waals surface area contributed by atoms with Crippen LogP contribution in [0, 0.1) is 0 Å². The van der Waals surface area contributed by atoms with E-state index in [1.165, 1.54) is 11.5 Å². The van der Waals surface area contributed by atoms with Crippen molar-refractivity contribution in [3.05, 3.63) is 0 Å². The molecule has 1 nitrogen and oxygen atoms in total. The summed E-state index contributed by atoms with van der Waals surface area (Å²) in [5.41, 5.74) is 6.77. The molecule has 0 spiro atoms. The first-order chi connectivity index (χ1) is 3.41. The minimum Gasteiger partial charge on any atom is -0.258 e. The lowest BCUT2D eigenvalue weighted by Crippen LogP contribution is -1.86. The van der Waals surface area contributed by atoms with Crippen LogP contribution in [0.4, 0.5) is 0 Å². The van der Waals surface area contributed by atoms with Crippen molar-refractivity contribution < 1.29 is 0 Å². The van der Waals surface area contributed by atoms with Crippen molar-refractivity contribution in [1.82, 2.24) is 5.73 Å². The minimum atomic E-state index is 0.590. The molecule has 0 heterocycles. The number of nitrogens with one attached hydrogen (secondary N) is 1. The Balaban J connectivity index is 2.45. The first-order valence-corrected chi connectivity index (χ1v) is 3.79. The molecule has 0 amide bonds. The monoisotopic (exact) mass is 118 g/mol. The molecule has 0 aliphatic carbocycles. The number of hydrogen-bond acceptors (Lipinski definition) is 1. The highest BCUT2D eigenvalue weighted by Crippen LogP contribution is 1.98. The van der Waals surface area contributed by atoms with Gasteiger partial charge >= 0.3 is 0 Å². The summed E-state index contributed by atoms with van der Waals surface area (Å²) in [7, 11) is 0. The Labute approximate surface area is 49.7 Å². The van der Waals surface area contributed by atoms with Gasteiger partial charge in [-0.15, -0.1) is 0 Å². The molecule has 0 rings (SSSR count). The van der Waals surface area contributed by atoms with Gasteiger partial charge in [-0.05, 0) is 17.9 Å². The topological polar surface area (TPSA) is 23.8 Å². The first-order valence-electron chi connectivity index (χ1n) is 2.64. The molecular weight excluding hydrogens is 106 g/mol. The highest BCUT2D eigenvalue weighted by molar-refractivity contribution is 7.99. The van der Waals surface area contributed by atoms with Gasteiger partial charge in [0, 0.05) is 6.54 Å². The molecule has 0 aliphatic heterocycles. The fraction of sp³-hybridized carbons (Fsp3) is 1.00. The van der Waals surface area contributed by atoms with Crippen molar-refractivity contribution in [3.8, 4) is 0 Å². The quantitative estimate of drug-likeness (QED) is 0.512. The molecule has 2 heteroatoms. The zero-order valence-electron chi connectivity index (χ0n) is 4.74. The number of thioether (sulfide) groups is 1. The zero-order chi connectivity index (χ0) is 5.54. The Bertz CT molecular complexity index is 27.3. The summed E-state index contributed by atoms with van der Waals surface area (Å²) >= 11 is 1.91. The van der Waals surface area contributed by atoms with E-state index in [1.54, 1.807) is 0 Å². The van der Waals surface area contributed by atoms with E-state index in [1.807, 2.05) is 11.8 Å². The van der Waals surface area contributed by atoms with Crippen LogP contribution in [-0.2, 0) is 0 Å². The summed E-state index contributed by atoms with van der Waals surface area (Å²) in [4.78, 5) is 0. The second-order valence-corrected chi connectivity index (χ2v) is 2.69. The van der Waals surface area contributed by atoms with E-state index in [-0.39, 0.29) is 0 Å². The third-order valence-corrected chi connectivity index (χ3v) is 1.66. The standard InChI is InChI=1S/C5H12NS/c1-2-7-5-3-4-6/h6H,2-5H2,1H3. The lowest BCUT2D eigenvalue weighted by atomic mass is 10.5. The van der Waals surface area contributed by atoms with Crippen LogP contribution in [0.15, 0.2) is 0 Å². The SMILES string of the molecule is CCSCCC[NH]. The molecule has 0 aromatic rings. The maximum absolute atomic E-state index is 6.77. The van der Waals surface area contributed by atoms with Gasteiger partial charge in [-0.3, -0.25) is 5.73 Å². The average molecular weight is 118 g/mol. The van der Waals surface area contributed by atoms with Crippen LogP contribution in [0.25, 0.3) is 0 Å². The molecule has 0 fully saturated rings. The van der Waals surface area contributed by atoms with Gasteiger partial charge in [-0.1, -0.05) is 6.92 Å². The largest absolute Gasteiger partial charge is 0.258 e. The van der Waals surface area contributed by atoms with Gasteiger partial charge in [0.25, 0.3) is 0 Å². The molecule has 0 unspecified atom stereocenters. The predicted octanol–water partition coefficient (Wildman–Crippen LogP) is 1.41. The number of rotatable bonds is 4. The zero-order valence-corrected chi connectivity index (χ0v) is 5.55. The third kappa shape index (κ3) is 6.31. The van der Waals surface area contributed by atoms with Crippen molar-refractivity contribution >= 4 is 11.8 Å². The second-order valence-electron chi connectivity index (χ2n) is 1.30. The van der Waals surface area contributed by atoms with Gasteiger partial charge in [-0.25, -0.2) is 0 Å². The van der Waals surface area contributed by atoms with Crippen molar-refractivity contribution in [2.45, 2.75) is 13.3 Å². The third-order valence-electron chi connectivity index (χ3n) is 0.670. The van der Waals surface area contributed by atoms with Crippen LogP contribution in [-0.4, -0.2) is 18.1 Å². The van der Waals surface area contributed by atoms with E-state index in [2.05, 4.69) is 6.92 Å². The first kappa shape index (κ1) is 7.31. The summed E-state index contributed by atoms with van der Waals surface area (Å²) in [5.74, 6) is 2.36. The molecule has 1 radical (unpaired) electrons. The summed E-state index contributed by atoms with van der Waals surface area (Å²) in [6.07, 6.45) is 1.05. The molecule has 0 atom stereocenters. The number of hydrogen-bond donors (Lipinski definition) is 0. The van der Waals surface area contributed by atoms with Gasteiger partial charge in [0.1, 0.15) is 0 Å². The lowest BCUT2D eigenvalue weighted by Gasteiger charge is -1.90. The van der Waals surface area contributed by atoms with Crippen LogP contribution in [0.1, 0.15) is 13.3 Å².